The van der Waals surface area contributed by atoms with E-state index in [2.05, 4.69) is 41.5 Å². The van der Waals surface area contributed by atoms with Gasteiger partial charge in [-0.15, -0.1) is 0 Å². The smallest absolute Gasteiger partial charge is 0.119 e. The number of methoxy groups -OCH3 is 2. The summed E-state index contributed by atoms with van der Waals surface area (Å²) < 4.78 is 28.5. The molecule has 0 radical (unpaired) electrons. The van der Waals surface area contributed by atoms with Gasteiger partial charge in [0.2, 0.25) is 0 Å². The van der Waals surface area contributed by atoms with Crippen LogP contribution in [0.5, 0.6) is 11.5 Å². The van der Waals surface area contributed by atoms with Crippen LogP contribution in [0.4, 0.5) is 0 Å². The van der Waals surface area contributed by atoms with Crippen molar-refractivity contribution in [2.75, 3.05) is 14.2 Å². The lowest BCUT2D eigenvalue weighted by molar-refractivity contribution is 0.412. The van der Waals surface area contributed by atoms with Gasteiger partial charge < -0.3 is 9.47 Å². The first-order valence-corrected chi connectivity index (χ1v) is 8.28. The van der Waals surface area contributed by atoms with Crippen LogP contribution in [0.3, 0.4) is 0 Å². The second-order valence-corrected chi connectivity index (χ2v) is 8.20. The Hall–Kier alpha value is -1.96. The van der Waals surface area contributed by atoms with Crippen LogP contribution in [0.25, 0.3) is 11.1 Å². The Kier molecular flexibility index (Phi) is 4.22. The SMILES string of the molecule is [2H]c1c(-c2cc(OC)cc(C(C)(C)C)c2[2H])cc(OC)cc1C(C)(C)C. The Balaban J connectivity index is 2.88. The molecule has 2 nitrogen and oxygen atoms in total. The number of hydrogen-bond donors (Lipinski definition) is 0. The summed E-state index contributed by atoms with van der Waals surface area (Å²) in [5.41, 5.74) is 2.79. The highest BCUT2D eigenvalue weighted by Gasteiger charge is 2.19. The van der Waals surface area contributed by atoms with Crippen molar-refractivity contribution in [3.05, 3.63) is 47.5 Å². The second kappa shape index (κ2) is 6.51. The summed E-state index contributed by atoms with van der Waals surface area (Å²) in [6, 6.07) is 8.38. The first-order valence-electron chi connectivity index (χ1n) is 9.28. The van der Waals surface area contributed by atoms with Crippen LogP contribution in [0, 0.1) is 0 Å². The standard InChI is InChI=1S/C22H30O2/c1-21(2,3)17-9-15(11-19(13-17)23-7)16-10-18(22(4,5)6)14-20(12-16)24-8/h9-14H,1-8H3/i9D,10D. The molecule has 24 heavy (non-hydrogen) atoms. The molecule has 0 aliphatic carbocycles. The van der Waals surface area contributed by atoms with E-state index in [9.17, 15) is 0 Å². The van der Waals surface area contributed by atoms with E-state index >= 15 is 0 Å². The Morgan fingerprint density at radius 2 is 1.00 bits per heavy atom. The minimum absolute atomic E-state index is 0.200. The first-order chi connectivity index (χ1) is 11.9. The molecule has 0 atom stereocenters. The number of ether oxygens (including phenoxy) is 2. The number of hydrogen-bond acceptors (Lipinski definition) is 2. The van der Waals surface area contributed by atoms with Crippen LogP contribution in [0.15, 0.2) is 36.4 Å². The Morgan fingerprint density at radius 1 is 0.667 bits per heavy atom. The lowest BCUT2D eigenvalue weighted by Crippen LogP contribution is -2.12. The molecular weight excluding hydrogens is 296 g/mol. The van der Waals surface area contributed by atoms with Crippen molar-refractivity contribution >= 4 is 0 Å². The average Bonchev–Trinajstić information content (AvgIpc) is 2.53. The fraction of sp³-hybridized carbons (Fsp3) is 0.455. The van der Waals surface area contributed by atoms with Crippen LogP contribution in [-0.4, -0.2) is 14.2 Å². The zero-order chi connectivity index (χ0) is 19.9. The summed E-state index contributed by atoms with van der Waals surface area (Å²) >= 11 is 0. The fourth-order valence-electron chi connectivity index (χ4n) is 2.42. The van der Waals surface area contributed by atoms with Crippen molar-refractivity contribution in [2.24, 2.45) is 0 Å². The first kappa shape index (κ1) is 15.6. The Bertz CT molecular complexity index is 743. The van der Waals surface area contributed by atoms with Gasteiger partial charge in [-0.2, -0.15) is 0 Å². The normalized spacial score (nSPS) is 13.3. The van der Waals surface area contributed by atoms with Crippen molar-refractivity contribution in [1.29, 1.82) is 0 Å². The zero-order valence-electron chi connectivity index (χ0n) is 18.1. The molecule has 130 valence electrons. The summed E-state index contributed by atoms with van der Waals surface area (Å²) in [7, 11) is 3.26. The molecule has 0 spiro atoms. The Morgan fingerprint density at radius 3 is 1.25 bits per heavy atom. The monoisotopic (exact) mass is 328 g/mol. The molecule has 2 aromatic rings. The van der Waals surface area contributed by atoms with Crippen LogP contribution < -0.4 is 9.47 Å². The van der Waals surface area contributed by atoms with Crippen molar-refractivity contribution < 1.29 is 12.2 Å². The molecule has 0 saturated carbocycles. The minimum Gasteiger partial charge on any atom is -0.497 e. The third-order valence-corrected chi connectivity index (χ3v) is 4.06. The minimum atomic E-state index is -0.200. The molecule has 0 fully saturated rings. The largest absolute Gasteiger partial charge is 0.497 e. The second-order valence-electron chi connectivity index (χ2n) is 8.20. The molecule has 2 heteroatoms. The topological polar surface area (TPSA) is 18.5 Å². The molecule has 0 aliphatic rings. The highest BCUT2D eigenvalue weighted by Crippen LogP contribution is 2.36. The van der Waals surface area contributed by atoms with Gasteiger partial charge in [0.1, 0.15) is 11.5 Å². The van der Waals surface area contributed by atoms with Crippen molar-refractivity contribution in [3.8, 4) is 22.6 Å². The predicted molar refractivity (Wildman–Crippen MR) is 102 cm³/mol. The molecule has 0 N–H and O–H groups in total. The van der Waals surface area contributed by atoms with Crippen LogP contribution in [-0.2, 0) is 10.8 Å². The molecule has 0 unspecified atom stereocenters. The van der Waals surface area contributed by atoms with E-state index in [4.69, 9.17) is 12.2 Å². The summed E-state index contributed by atoms with van der Waals surface area (Å²) in [5.74, 6) is 1.39. The predicted octanol–water partition coefficient (Wildman–Crippen LogP) is 5.97. The van der Waals surface area contributed by atoms with Gasteiger partial charge in [0.25, 0.3) is 0 Å². The molecule has 0 heterocycles. The van der Waals surface area contributed by atoms with Gasteiger partial charge in [0, 0.05) is 0 Å². The van der Waals surface area contributed by atoms with Gasteiger partial charge in [0.05, 0.1) is 17.0 Å². The quantitative estimate of drug-likeness (QED) is 0.691. The van der Waals surface area contributed by atoms with Gasteiger partial charge >= 0.3 is 0 Å². The summed E-state index contributed by atoms with van der Waals surface area (Å²) in [4.78, 5) is 0. The van der Waals surface area contributed by atoms with E-state index in [0.29, 0.717) is 34.7 Å². The van der Waals surface area contributed by atoms with Crippen LogP contribution in [0.1, 0.15) is 55.4 Å². The highest BCUT2D eigenvalue weighted by molar-refractivity contribution is 5.69. The third-order valence-electron chi connectivity index (χ3n) is 4.06. The van der Waals surface area contributed by atoms with E-state index in [1.807, 2.05) is 24.3 Å². The van der Waals surface area contributed by atoms with Gasteiger partial charge in [0.15, 0.2) is 0 Å². The maximum absolute atomic E-state index is 8.78. The number of benzene rings is 2. The maximum Gasteiger partial charge on any atom is 0.119 e. The van der Waals surface area contributed by atoms with E-state index in [1.165, 1.54) is 0 Å². The van der Waals surface area contributed by atoms with Gasteiger partial charge in [-0.25, -0.2) is 0 Å². The summed E-state index contributed by atoms with van der Waals surface area (Å²) in [6.45, 7) is 12.5. The van der Waals surface area contributed by atoms with Crippen molar-refractivity contribution in [2.45, 2.75) is 52.4 Å². The lowest BCUT2D eigenvalue weighted by atomic mass is 9.83. The Labute approximate surface area is 149 Å². The fourth-order valence-corrected chi connectivity index (χ4v) is 2.42. The third kappa shape index (κ3) is 4.11. The molecule has 0 bridgehead atoms. The highest BCUT2D eigenvalue weighted by atomic mass is 16.5. The van der Waals surface area contributed by atoms with Crippen molar-refractivity contribution in [3.63, 3.8) is 0 Å². The average molecular weight is 328 g/mol. The molecule has 0 saturated heterocycles. The molecule has 2 aromatic carbocycles. The summed E-state index contributed by atoms with van der Waals surface area (Å²) in [6.07, 6.45) is 0. The molecular formula is C22H30O2. The maximum atomic E-state index is 8.78. The number of rotatable bonds is 3. The van der Waals surface area contributed by atoms with Gasteiger partial charge in [-0.05, 0) is 57.3 Å². The van der Waals surface area contributed by atoms with E-state index in [0.717, 1.165) is 11.1 Å². The molecule has 0 aliphatic heterocycles. The van der Waals surface area contributed by atoms with E-state index in [1.54, 1.807) is 14.2 Å². The van der Waals surface area contributed by atoms with E-state index < -0.39 is 0 Å². The molecule has 2 rings (SSSR count). The van der Waals surface area contributed by atoms with Crippen LogP contribution >= 0.6 is 0 Å². The van der Waals surface area contributed by atoms with Gasteiger partial charge in [-0.3, -0.25) is 0 Å². The zero-order valence-corrected chi connectivity index (χ0v) is 16.1. The summed E-state index contributed by atoms with van der Waals surface area (Å²) in [5, 5.41) is 0. The van der Waals surface area contributed by atoms with Crippen LogP contribution in [0.2, 0.25) is 0 Å². The van der Waals surface area contributed by atoms with Crippen molar-refractivity contribution in [1.82, 2.24) is 0 Å². The lowest BCUT2D eigenvalue weighted by Gasteiger charge is -2.23. The van der Waals surface area contributed by atoms with Gasteiger partial charge in [-0.1, -0.05) is 53.6 Å². The molecule has 0 amide bonds. The van der Waals surface area contributed by atoms with E-state index in [-0.39, 0.29) is 10.8 Å². The molecule has 0 aromatic heterocycles.